The molecule has 0 bridgehead atoms. The fourth-order valence-corrected chi connectivity index (χ4v) is 5.16. The molecular weight excluding hydrogens is 396 g/mol. The fraction of sp³-hybridized carbons (Fsp3) is 0.515. The molecule has 33 heavy (non-hydrogen) atoms. The third-order valence-electron chi connectivity index (χ3n) is 7.13. The minimum absolute atomic E-state index is 0.164. The van der Waals surface area contributed by atoms with Gasteiger partial charge >= 0.3 is 0 Å². The summed E-state index contributed by atoms with van der Waals surface area (Å²) in [7, 11) is 0. The third-order valence-corrected chi connectivity index (χ3v) is 7.13. The van der Waals surface area contributed by atoms with Gasteiger partial charge in [0, 0.05) is 5.41 Å². The van der Waals surface area contributed by atoms with Crippen molar-refractivity contribution in [2.45, 2.75) is 92.9 Å². The lowest BCUT2D eigenvalue weighted by molar-refractivity contribution is 0.464. The Bertz CT molecular complexity index is 856. The van der Waals surface area contributed by atoms with Crippen molar-refractivity contribution in [3.63, 3.8) is 0 Å². The fourth-order valence-electron chi connectivity index (χ4n) is 5.16. The highest BCUT2D eigenvalue weighted by molar-refractivity contribution is 5.56. The summed E-state index contributed by atoms with van der Waals surface area (Å²) in [5.74, 6) is 1.51. The highest BCUT2D eigenvalue weighted by Crippen LogP contribution is 2.49. The van der Waals surface area contributed by atoms with Gasteiger partial charge in [0.15, 0.2) is 0 Å². The van der Waals surface area contributed by atoms with Crippen LogP contribution < -0.4 is 0 Å². The van der Waals surface area contributed by atoms with E-state index in [1.165, 1.54) is 55.2 Å². The molecule has 0 heteroatoms. The maximum atomic E-state index is 4.00. The Hall–Kier alpha value is -2.08. The summed E-state index contributed by atoms with van der Waals surface area (Å²) in [4.78, 5) is 0. The SMILES string of the molecule is C=CCC1(C)C=C(C(CC)CCCC(C)C)C2=C1CC=CC=C2.CCCc1ccc(C)cc1. The molecule has 2 aliphatic rings. The molecule has 0 radical (unpaired) electrons. The lowest BCUT2D eigenvalue weighted by Crippen LogP contribution is -2.13. The second-order valence-corrected chi connectivity index (χ2v) is 10.6. The minimum Gasteiger partial charge on any atom is -0.103 e. The number of rotatable bonds is 10. The quantitative estimate of drug-likeness (QED) is 0.315. The van der Waals surface area contributed by atoms with Crippen LogP contribution in [0.2, 0.25) is 0 Å². The van der Waals surface area contributed by atoms with Crippen LogP contribution in [-0.2, 0) is 6.42 Å². The smallest absolute Gasteiger partial charge is 0.0115 e. The zero-order valence-electron chi connectivity index (χ0n) is 22.3. The summed E-state index contributed by atoms with van der Waals surface area (Å²) in [6.07, 6.45) is 23.6. The maximum Gasteiger partial charge on any atom is 0.0115 e. The van der Waals surface area contributed by atoms with Gasteiger partial charge in [0.1, 0.15) is 0 Å². The standard InChI is InChI=1S/C23H34.C10H14/c1-6-16-23(5)17-21(19(7-2)13-11-12-18(3)4)20-14-9-8-10-15-22(20)23;1-3-4-10-7-5-9(2)6-8-10/h6,8-10,14,17-19H,1,7,11-13,15-16H2,2-5H3;5-8H,3-4H2,1-2H3. The summed E-state index contributed by atoms with van der Waals surface area (Å²) >= 11 is 0. The van der Waals surface area contributed by atoms with Gasteiger partial charge in [0.2, 0.25) is 0 Å². The van der Waals surface area contributed by atoms with Crippen LogP contribution in [0.15, 0.2) is 84.0 Å². The Labute approximate surface area is 205 Å². The van der Waals surface area contributed by atoms with E-state index in [0.29, 0.717) is 5.92 Å². The van der Waals surface area contributed by atoms with Gasteiger partial charge in [-0.15, -0.1) is 6.58 Å². The molecule has 1 aromatic rings. The molecule has 1 aromatic carbocycles. The van der Waals surface area contributed by atoms with Crippen molar-refractivity contribution in [2.24, 2.45) is 17.3 Å². The molecule has 0 aliphatic heterocycles. The molecule has 0 spiro atoms. The van der Waals surface area contributed by atoms with Crippen molar-refractivity contribution in [1.82, 2.24) is 0 Å². The Balaban J connectivity index is 0.000000321. The Morgan fingerprint density at radius 3 is 2.39 bits per heavy atom. The summed E-state index contributed by atoms with van der Waals surface area (Å²) in [6, 6.07) is 8.76. The highest BCUT2D eigenvalue weighted by Gasteiger charge is 2.36. The first-order valence-electron chi connectivity index (χ1n) is 13.3. The largest absolute Gasteiger partial charge is 0.103 e. The van der Waals surface area contributed by atoms with E-state index in [1.54, 1.807) is 11.1 Å². The van der Waals surface area contributed by atoms with E-state index in [2.05, 4.69) is 109 Å². The van der Waals surface area contributed by atoms with Gasteiger partial charge in [0.25, 0.3) is 0 Å². The van der Waals surface area contributed by atoms with Gasteiger partial charge in [0.05, 0.1) is 0 Å². The predicted octanol–water partition coefficient (Wildman–Crippen LogP) is 10.1. The summed E-state index contributed by atoms with van der Waals surface area (Å²) in [6.45, 7) is 17.7. The second-order valence-electron chi connectivity index (χ2n) is 10.6. The Kier molecular flexibility index (Phi) is 11.2. The lowest BCUT2D eigenvalue weighted by atomic mass is 9.79. The van der Waals surface area contributed by atoms with Crippen LogP contribution in [-0.4, -0.2) is 0 Å². The van der Waals surface area contributed by atoms with E-state index in [-0.39, 0.29) is 5.41 Å². The van der Waals surface area contributed by atoms with E-state index < -0.39 is 0 Å². The van der Waals surface area contributed by atoms with Crippen LogP contribution in [0.1, 0.15) is 90.7 Å². The molecule has 0 fully saturated rings. The van der Waals surface area contributed by atoms with Crippen LogP contribution in [0, 0.1) is 24.2 Å². The number of hydrogen-bond donors (Lipinski definition) is 0. The van der Waals surface area contributed by atoms with Crippen molar-refractivity contribution in [3.05, 3.63) is 95.1 Å². The number of allylic oxidation sites excluding steroid dienone is 9. The Morgan fingerprint density at radius 2 is 1.79 bits per heavy atom. The van der Waals surface area contributed by atoms with E-state index in [4.69, 9.17) is 0 Å². The summed E-state index contributed by atoms with van der Waals surface area (Å²) < 4.78 is 0. The maximum absolute atomic E-state index is 4.00. The number of aryl methyl sites for hydroxylation is 2. The molecule has 0 aromatic heterocycles. The van der Waals surface area contributed by atoms with Crippen molar-refractivity contribution >= 4 is 0 Å². The molecule has 3 rings (SSSR count). The van der Waals surface area contributed by atoms with Gasteiger partial charge in [-0.05, 0) is 73.1 Å². The Morgan fingerprint density at radius 1 is 1.06 bits per heavy atom. The molecule has 0 heterocycles. The average molecular weight is 445 g/mol. The van der Waals surface area contributed by atoms with Gasteiger partial charge in [-0.3, -0.25) is 0 Å². The first-order chi connectivity index (χ1) is 15.8. The van der Waals surface area contributed by atoms with Crippen molar-refractivity contribution in [2.75, 3.05) is 0 Å². The monoisotopic (exact) mass is 444 g/mol. The summed E-state index contributed by atoms with van der Waals surface area (Å²) in [5.41, 5.74) is 7.69. The zero-order valence-corrected chi connectivity index (χ0v) is 22.3. The average Bonchev–Trinajstić information content (AvgIpc) is 2.93. The van der Waals surface area contributed by atoms with E-state index in [0.717, 1.165) is 18.8 Å². The molecule has 0 nitrogen and oxygen atoms in total. The van der Waals surface area contributed by atoms with Crippen molar-refractivity contribution in [3.8, 4) is 0 Å². The van der Waals surface area contributed by atoms with Gasteiger partial charge < -0.3 is 0 Å². The van der Waals surface area contributed by atoms with Crippen LogP contribution >= 0.6 is 0 Å². The van der Waals surface area contributed by atoms with E-state index in [9.17, 15) is 0 Å². The molecule has 0 saturated heterocycles. The van der Waals surface area contributed by atoms with Gasteiger partial charge in [-0.25, -0.2) is 0 Å². The predicted molar refractivity (Wildman–Crippen MR) is 149 cm³/mol. The molecule has 180 valence electrons. The van der Waals surface area contributed by atoms with Crippen molar-refractivity contribution < 1.29 is 0 Å². The molecule has 0 amide bonds. The molecular formula is C33H48. The third kappa shape index (κ3) is 8.02. The normalized spacial score (nSPS) is 20.2. The topological polar surface area (TPSA) is 0 Å². The molecule has 0 N–H and O–H groups in total. The van der Waals surface area contributed by atoms with Crippen molar-refractivity contribution in [1.29, 1.82) is 0 Å². The van der Waals surface area contributed by atoms with Crippen LogP contribution in [0.5, 0.6) is 0 Å². The van der Waals surface area contributed by atoms with Gasteiger partial charge in [-0.1, -0.05) is 120 Å². The number of benzene rings is 1. The minimum atomic E-state index is 0.164. The molecule has 2 unspecified atom stereocenters. The first-order valence-corrected chi connectivity index (χ1v) is 13.3. The number of hydrogen-bond acceptors (Lipinski definition) is 0. The zero-order chi connectivity index (χ0) is 24.3. The lowest BCUT2D eigenvalue weighted by Gasteiger charge is -2.24. The summed E-state index contributed by atoms with van der Waals surface area (Å²) in [5, 5.41) is 0. The van der Waals surface area contributed by atoms with E-state index in [1.807, 2.05) is 0 Å². The first kappa shape index (κ1) is 27.2. The molecule has 0 saturated carbocycles. The van der Waals surface area contributed by atoms with E-state index >= 15 is 0 Å². The molecule has 2 atom stereocenters. The van der Waals surface area contributed by atoms with Crippen LogP contribution in [0.4, 0.5) is 0 Å². The second kappa shape index (κ2) is 13.6. The van der Waals surface area contributed by atoms with Gasteiger partial charge in [-0.2, -0.15) is 0 Å². The highest BCUT2D eigenvalue weighted by atomic mass is 14.4. The van der Waals surface area contributed by atoms with Crippen LogP contribution in [0.25, 0.3) is 0 Å². The van der Waals surface area contributed by atoms with Crippen LogP contribution in [0.3, 0.4) is 0 Å². The molecule has 2 aliphatic carbocycles.